The van der Waals surface area contributed by atoms with Crippen LogP contribution in [-0.2, 0) is 19.0 Å². The maximum Gasteiger partial charge on any atom is 0.264 e. The van der Waals surface area contributed by atoms with Crippen LogP contribution < -0.4 is 0 Å². The Morgan fingerprint density at radius 2 is 2.33 bits per heavy atom. The van der Waals surface area contributed by atoms with Crippen molar-refractivity contribution in [2.75, 3.05) is 12.9 Å². The lowest BCUT2D eigenvalue weighted by Crippen LogP contribution is -2.27. The second-order valence-corrected chi connectivity index (χ2v) is 4.33. The Bertz CT molecular complexity index is 267. The zero-order valence-electron chi connectivity index (χ0n) is 7.06. The van der Waals surface area contributed by atoms with E-state index >= 15 is 0 Å². The third kappa shape index (κ3) is 2.92. The van der Waals surface area contributed by atoms with Crippen LogP contribution >= 0.6 is 0 Å². The summed E-state index contributed by atoms with van der Waals surface area (Å²) in [6, 6.07) is 0. The fraction of sp³-hybridized carbons (Fsp3) is 0.714. The highest BCUT2D eigenvalue weighted by Gasteiger charge is 2.21. The summed E-state index contributed by atoms with van der Waals surface area (Å²) in [6.07, 6.45) is 3.99. The van der Waals surface area contributed by atoms with Crippen molar-refractivity contribution in [1.82, 2.24) is 0 Å². The van der Waals surface area contributed by atoms with Gasteiger partial charge in [0, 0.05) is 0 Å². The summed E-state index contributed by atoms with van der Waals surface area (Å²) in [6.45, 7) is 2.20. The third-order valence-corrected chi connectivity index (χ3v) is 2.15. The van der Waals surface area contributed by atoms with Gasteiger partial charge < -0.3 is 4.74 Å². The molecule has 0 aromatic heterocycles. The molecule has 0 N–H and O–H groups in total. The van der Waals surface area contributed by atoms with Crippen molar-refractivity contribution in [3.63, 3.8) is 0 Å². The summed E-state index contributed by atoms with van der Waals surface area (Å²) in [5.41, 5.74) is 0. The van der Waals surface area contributed by atoms with Gasteiger partial charge in [0.25, 0.3) is 10.1 Å². The van der Waals surface area contributed by atoms with E-state index in [-0.39, 0.29) is 6.10 Å². The van der Waals surface area contributed by atoms with E-state index in [9.17, 15) is 8.42 Å². The minimum Gasteiger partial charge on any atom is -0.367 e. The Morgan fingerprint density at radius 3 is 2.75 bits per heavy atom. The molecule has 1 heterocycles. The first-order valence-electron chi connectivity index (χ1n) is 3.65. The van der Waals surface area contributed by atoms with Crippen molar-refractivity contribution < 1.29 is 17.3 Å². The van der Waals surface area contributed by atoms with Crippen LogP contribution in [0.1, 0.15) is 6.92 Å². The van der Waals surface area contributed by atoms with E-state index in [0.29, 0.717) is 6.61 Å². The molecule has 2 atom stereocenters. The molecule has 70 valence electrons. The van der Waals surface area contributed by atoms with Crippen LogP contribution in [0.4, 0.5) is 0 Å². The lowest BCUT2D eigenvalue weighted by molar-refractivity contribution is 0.0405. The zero-order valence-corrected chi connectivity index (χ0v) is 7.87. The first kappa shape index (κ1) is 9.70. The van der Waals surface area contributed by atoms with Gasteiger partial charge in [-0.15, -0.1) is 0 Å². The predicted octanol–water partition coefficient (Wildman–Crippen LogP) is 0.306. The van der Waals surface area contributed by atoms with Crippen molar-refractivity contribution in [1.29, 1.82) is 0 Å². The summed E-state index contributed by atoms with van der Waals surface area (Å²) in [5.74, 6) is 0. The molecule has 0 aliphatic carbocycles. The van der Waals surface area contributed by atoms with Crippen LogP contribution in [0.5, 0.6) is 0 Å². The molecule has 0 saturated carbocycles. The summed E-state index contributed by atoms with van der Waals surface area (Å²) in [7, 11) is -3.37. The maximum atomic E-state index is 10.7. The van der Waals surface area contributed by atoms with Crippen molar-refractivity contribution >= 4 is 10.1 Å². The average molecular weight is 192 g/mol. The lowest BCUT2D eigenvalue weighted by atomic mass is 10.2. The van der Waals surface area contributed by atoms with Gasteiger partial charge in [-0.1, -0.05) is 12.2 Å². The number of hydrogen-bond acceptors (Lipinski definition) is 4. The van der Waals surface area contributed by atoms with Gasteiger partial charge in [0.2, 0.25) is 0 Å². The lowest BCUT2D eigenvalue weighted by Gasteiger charge is -2.16. The van der Waals surface area contributed by atoms with E-state index < -0.39 is 16.2 Å². The van der Waals surface area contributed by atoms with Crippen molar-refractivity contribution in [2.24, 2.45) is 0 Å². The Balaban J connectivity index is 2.48. The molecule has 4 nitrogen and oxygen atoms in total. The molecule has 1 aliphatic rings. The van der Waals surface area contributed by atoms with Gasteiger partial charge in [-0.25, -0.2) is 0 Å². The quantitative estimate of drug-likeness (QED) is 0.477. The van der Waals surface area contributed by atoms with Crippen LogP contribution in [0.15, 0.2) is 12.2 Å². The van der Waals surface area contributed by atoms with E-state index in [1.165, 1.54) is 0 Å². The highest BCUT2D eigenvalue weighted by atomic mass is 32.2. The van der Waals surface area contributed by atoms with Crippen LogP contribution in [0.2, 0.25) is 0 Å². The standard InChI is InChI=1S/C7H12O4S/c1-6(11-12(2,8)9)7-4-3-5-10-7/h3-4,6-7H,5H2,1-2H3. The molecule has 0 aromatic carbocycles. The fourth-order valence-electron chi connectivity index (χ4n) is 1.03. The molecule has 12 heavy (non-hydrogen) atoms. The molecule has 0 bridgehead atoms. The second kappa shape index (κ2) is 3.55. The third-order valence-electron chi connectivity index (χ3n) is 1.50. The summed E-state index contributed by atoms with van der Waals surface area (Å²) in [5, 5.41) is 0. The van der Waals surface area contributed by atoms with Gasteiger partial charge in [-0.2, -0.15) is 8.42 Å². The Hall–Kier alpha value is -0.390. The highest BCUT2D eigenvalue weighted by Crippen LogP contribution is 2.12. The predicted molar refractivity (Wildman–Crippen MR) is 44.3 cm³/mol. The largest absolute Gasteiger partial charge is 0.367 e. The van der Waals surface area contributed by atoms with Crippen LogP contribution in [0.3, 0.4) is 0 Å². The molecule has 2 unspecified atom stereocenters. The van der Waals surface area contributed by atoms with E-state index in [2.05, 4.69) is 0 Å². The van der Waals surface area contributed by atoms with Gasteiger partial charge >= 0.3 is 0 Å². The average Bonchev–Trinajstić information content (AvgIpc) is 2.32. The topological polar surface area (TPSA) is 52.6 Å². The molecule has 0 spiro atoms. The fourth-order valence-corrected chi connectivity index (χ4v) is 1.70. The Kier molecular flexibility index (Phi) is 2.87. The first-order valence-corrected chi connectivity index (χ1v) is 5.47. The van der Waals surface area contributed by atoms with E-state index in [1.807, 2.05) is 6.08 Å². The van der Waals surface area contributed by atoms with Gasteiger partial charge in [0.05, 0.1) is 12.9 Å². The van der Waals surface area contributed by atoms with Crippen molar-refractivity contribution in [3.05, 3.63) is 12.2 Å². The second-order valence-electron chi connectivity index (χ2n) is 2.73. The Labute approximate surface area is 72.3 Å². The summed E-state index contributed by atoms with van der Waals surface area (Å²) in [4.78, 5) is 0. The van der Waals surface area contributed by atoms with Gasteiger partial charge in [0.15, 0.2) is 0 Å². The first-order chi connectivity index (χ1) is 5.49. The SMILES string of the molecule is CC(OS(C)(=O)=O)C1C=CCO1. The molecule has 0 radical (unpaired) electrons. The molecule has 1 rings (SSSR count). The molecule has 0 fully saturated rings. The zero-order chi connectivity index (χ0) is 9.19. The Morgan fingerprint density at radius 1 is 1.67 bits per heavy atom. The van der Waals surface area contributed by atoms with Crippen molar-refractivity contribution in [2.45, 2.75) is 19.1 Å². The van der Waals surface area contributed by atoms with E-state index in [4.69, 9.17) is 8.92 Å². The normalized spacial score (nSPS) is 26.0. The van der Waals surface area contributed by atoms with Crippen LogP contribution in [-0.4, -0.2) is 33.5 Å². The highest BCUT2D eigenvalue weighted by molar-refractivity contribution is 7.86. The summed E-state index contributed by atoms with van der Waals surface area (Å²) < 4.78 is 31.3. The minimum atomic E-state index is -3.37. The number of hydrogen-bond donors (Lipinski definition) is 0. The van der Waals surface area contributed by atoms with E-state index in [1.54, 1.807) is 13.0 Å². The molecule has 0 aromatic rings. The summed E-state index contributed by atoms with van der Waals surface area (Å²) >= 11 is 0. The molecule has 5 heteroatoms. The van der Waals surface area contributed by atoms with Crippen LogP contribution in [0.25, 0.3) is 0 Å². The van der Waals surface area contributed by atoms with Gasteiger partial charge in [0.1, 0.15) is 12.2 Å². The van der Waals surface area contributed by atoms with Crippen molar-refractivity contribution in [3.8, 4) is 0 Å². The van der Waals surface area contributed by atoms with Crippen LogP contribution in [0, 0.1) is 0 Å². The number of rotatable bonds is 3. The molecular formula is C7H12O4S. The minimum absolute atomic E-state index is 0.236. The smallest absolute Gasteiger partial charge is 0.264 e. The molecule has 0 saturated heterocycles. The maximum absolute atomic E-state index is 10.7. The molecule has 1 aliphatic heterocycles. The van der Waals surface area contributed by atoms with E-state index in [0.717, 1.165) is 6.26 Å². The number of ether oxygens (including phenoxy) is 1. The van der Waals surface area contributed by atoms with Gasteiger partial charge in [-0.3, -0.25) is 4.18 Å². The van der Waals surface area contributed by atoms with Gasteiger partial charge in [-0.05, 0) is 6.92 Å². The molecular weight excluding hydrogens is 180 g/mol. The monoisotopic (exact) mass is 192 g/mol. The molecule has 0 amide bonds.